The molecule has 8 nitrogen and oxygen atoms in total. The van der Waals surface area contributed by atoms with E-state index in [1.165, 1.54) is 33.3 Å². The molecule has 1 aromatic carbocycles. The summed E-state index contributed by atoms with van der Waals surface area (Å²) < 4.78 is 36.2. The molecule has 3 rings (SSSR count). The third kappa shape index (κ3) is 11.4. The summed E-state index contributed by atoms with van der Waals surface area (Å²) in [6, 6.07) is 4.28. The van der Waals surface area contributed by atoms with Crippen molar-refractivity contribution in [1.82, 2.24) is 14.1 Å². The van der Waals surface area contributed by atoms with Gasteiger partial charge in [-0.3, -0.25) is 4.90 Å². The molecular formula is C26H49N3O5S. The van der Waals surface area contributed by atoms with Gasteiger partial charge in [-0.1, -0.05) is 13.8 Å². The highest BCUT2D eigenvalue weighted by atomic mass is 32.2. The molecule has 2 aliphatic heterocycles. The maximum atomic E-state index is 12.6. The fraction of sp³-hybridized carbons (Fsp3) is 0.731. The van der Waals surface area contributed by atoms with Crippen LogP contribution in [0.1, 0.15) is 51.7 Å². The van der Waals surface area contributed by atoms with Crippen LogP contribution in [-0.4, -0.2) is 102 Å². The Balaban J connectivity index is 0.000000572. The molecule has 2 saturated heterocycles. The average molecular weight is 516 g/mol. The Morgan fingerprint density at radius 2 is 1.43 bits per heavy atom. The van der Waals surface area contributed by atoms with Gasteiger partial charge >= 0.3 is 0 Å². The van der Waals surface area contributed by atoms with E-state index in [1.807, 2.05) is 27.7 Å². The number of likely N-dealkylation sites (N-methyl/N-ethyl adjacent to an activating group) is 1. The first kappa shape index (κ1) is 33.5. The Morgan fingerprint density at radius 3 is 1.77 bits per heavy atom. The highest BCUT2D eigenvalue weighted by Gasteiger charge is 2.30. The van der Waals surface area contributed by atoms with Gasteiger partial charge in [-0.2, -0.15) is 4.31 Å². The first-order valence-corrected chi connectivity index (χ1v) is 14.0. The van der Waals surface area contributed by atoms with Gasteiger partial charge in [0.25, 0.3) is 0 Å². The predicted molar refractivity (Wildman–Crippen MR) is 144 cm³/mol. The Bertz CT molecular complexity index is 793. The highest BCUT2D eigenvalue weighted by Crippen LogP contribution is 2.29. The van der Waals surface area contributed by atoms with Crippen LogP contribution in [-0.2, 0) is 19.6 Å². The van der Waals surface area contributed by atoms with E-state index in [0.717, 1.165) is 30.0 Å². The van der Waals surface area contributed by atoms with E-state index in [9.17, 15) is 13.2 Å². The molecule has 9 heteroatoms. The summed E-state index contributed by atoms with van der Waals surface area (Å²) in [5.41, 5.74) is 1.50. The molecule has 2 fully saturated rings. The van der Waals surface area contributed by atoms with Crippen molar-refractivity contribution >= 4 is 16.3 Å². The number of sulfonamides is 1. The topological polar surface area (TPSA) is 79.4 Å². The summed E-state index contributed by atoms with van der Waals surface area (Å²) in [7, 11) is 1.91. The van der Waals surface area contributed by atoms with Gasteiger partial charge in [0.1, 0.15) is 18.6 Å². The van der Waals surface area contributed by atoms with Gasteiger partial charge in [0, 0.05) is 52.4 Å². The number of benzene rings is 1. The van der Waals surface area contributed by atoms with E-state index in [-0.39, 0.29) is 6.61 Å². The highest BCUT2D eigenvalue weighted by molar-refractivity contribution is 7.89. The Kier molecular flexibility index (Phi) is 17.1. The molecule has 2 aliphatic rings. The van der Waals surface area contributed by atoms with Crippen molar-refractivity contribution in [2.75, 3.05) is 67.1 Å². The third-order valence-electron chi connectivity index (χ3n) is 5.84. The molecule has 2 heterocycles. The lowest BCUT2D eigenvalue weighted by Gasteiger charge is -2.34. The van der Waals surface area contributed by atoms with E-state index >= 15 is 0 Å². The number of aryl methyl sites for hydroxylation is 2. The Hall–Kier alpha value is -1.52. The van der Waals surface area contributed by atoms with Gasteiger partial charge in [0.05, 0.1) is 12.0 Å². The monoisotopic (exact) mass is 515 g/mol. The predicted octanol–water partition coefficient (Wildman–Crippen LogP) is 3.60. The van der Waals surface area contributed by atoms with E-state index in [4.69, 9.17) is 4.74 Å². The molecule has 0 saturated carbocycles. The molecule has 0 aromatic heterocycles. The fourth-order valence-electron chi connectivity index (χ4n) is 3.90. The van der Waals surface area contributed by atoms with Crippen molar-refractivity contribution in [3.63, 3.8) is 0 Å². The molecule has 0 N–H and O–H groups in total. The molecule has 0 bridgehead atoms. The van der Waals surface area contributed by atoms with E-state index in [0.29, 0.717) is 30.0 Å². The fourth-order valence-corrected chi connectivity index (χ4v) is 5.83. The summed E-state index contributed by atoms with van der Waals surface area (Å²) in [4.78, 5) is 14.6. The van der Waals surface area contributed by atoms with E-state index in [2.05, 4.69) is 35.4 Å². The standard InChI is InChI=1S/C13H19NO3S.C8H18N2.C3H6O2.C2H6/c1-10-8-12(17-3)9-11(2)13(10)18(15,16)14-6-4-5-7-14;1-8(2)10-6-4-9(3)5-7-10;1-5-3-2-4;1-2/h8-9H,4-7H2,1-3H3;8H,4-7H2,1-3H3;2H,3H2,1H3;1-2H3. The molecule has 35 heavy (non-hydrogen) atoms. The van der Waals surface area contributed by atoms with Crippen molar-refractivity contribution in [2.24, 2.45) is 0 Å². The number of carbonyl (C=O) groups is 1. The van der Waals surface area contributed by atoms with Crippen molar-refractivity contribution in [1.29, 1.82) is 0 Å². The summed E-state index contributed by atoms with van der Waals surface area (Å²) in [5.74, 6) is 0.699. The number of ether oxygens (including phenoxy) is 2. The Morgan fingerprint density at radius 1 is 0.943 bits per heavy atom. The minimum atomic E-state index is -3.35. The first-order chi connectivity index (χ1) is 16.6. The molecule has 0 spiro atoms. The number of piperazine rings is 1. The average Bonchev–Trinajstić information content (AvgIpc) is 3.37. The van der Waals surface area contributed by atoms with Crippen molar-refractivity contribution in [3.8, 4) is 5.75 Å². The van der Waals surface area contributed by atoms with Crippen molar-refractivity contribution < 1.29 is 22.7 Å². The lowest BCUT2D eigenvalue weighted by atomic mass is 10.1. The van der Waals surface area contributed by atoms with E-state index in [1.54, 1.807) is 23.5 Å². The number of carbonyl (C=O) groups excluding carboxylic acids is 1. The summed E-state index contributed by atoms with van der Waals surface area (Å²) in [5, 5.41) is 0. The van der Waals surface area contributed by atoms with Crippen LogP contribution in [0.3, 0.4) is 0 Å². The zero-order valence-electron chi connectivity index (χ0n) is 23.5. The van der Waals surface area contributed by atoms with Crippen LogP contribution in [0, 0.1) is 13.8 Å². The lowest BCUT2D eigenvalue weighted by Crippen LogP contribution is -2.47. The molecule has 204 valence electrons. The van der Waals surface area contributed by atoms with Crippen LogP contribution in [0.25, 0.3) is 0 Å². The normalized spacial score (nSPS) is 16.9. The lowest BCUT2D eigenvalue weighted by molar-refractivity contribution is -0.110. The van der Waals surface area contributed by atoms with Crippen molar-refractivity contribution in [3.05, 3.63) is 23.3 Å². The quantitative estimate of drug-likeness (QED) is 0.536. The van der Waals surface area contributed by atoms with Crippen LogP contribution in [0.15, 0.2) is 17.0 Å². The first-order valence-electron chi connectivity index (χ1n) is 12.6. The molecule has 0 atom stereocenters. The van der Waals surface area contributed by atoms with Crippen LogP contribution < -0.4 is 4.74 Å². The smallest absolute Gasteiger partial charge is 0.243 e. The number of methoxy groups -OCH3 is 2. The maximum absolute atomic E-state index is 12.6. The number of aldehydes is 1. The zero-order valence-corrected chi connectivity index (χ0v) is 24.3. The second-order valence-electron chi connectivity index (χ2n) is 8.76. The second-order valence-corrected chi connectivity index (χ2v) is 10.6. The van der Waals surface area contributed by atoms with Gasteiger partial charge in [0.2, 0.25) is 10.0 Å². The number of hydrogen-bond donors (Lipinski definition) is 0. The van der Waals surface area contributed by atoms with Crippen LogP contribution in [0.2, 0.25) is 0 Å². The summed E-state index contributed by atoms with van der Waals surface area (Å²) in [6.45, 7) is 18.6. The zero-order chi connectivity index (χ0) is 27.0. The third-order valence-corrected chi connectivity index (χ3v) is 8.04. The second kappa shape index (κ2) is 17.8. The number of hydrogen-bond acceptors (Lipinski definition) is 7. The SMILES string of the molecule is CC.CC(C)N1CCN(C)CC1.COCC=O.COc1cc(C)c(S(=O)(=O)N2CCCC2)c(C)c1. The van der Waals surface area contributed by atoms with Gasteiger partial charge in [-0.05, 0) is 70.8 Å². The minimum absolute atomic E-state index is 0.208. The van der Waals surface area contributed by atoms with Crippen LogP contribution in [0.5, 0.6) is 5.75 Å². The largest absolute Gasteiger partial charge is 0.497 e. The Labute approximate surface area is 214 Å². The molecule has 0 amide bonds. The van der Waals surface area contributed by atoms with E-state index < -0.39 is 10.0 Å². The van der Waals surface area contributed by atoms with Crippen LogP contribution in [0.4, 0.5) is 0 Å². The van der Waals surface area contributed by atoms with Gasteiger partial charge < -0.3 is 19.2 Å². The van der Waals surface area contributed by atoms with Gasteiger partial charge in [-0.25, -0.2) is 8.42 Å². The molecule has 0 aliphatic carbocycles. The van der Waals surface area contributed by atoms with Crippen molar-refractivity contribution in [2.45, 2.75) is 65.3 Å². The molecular weight excluding hydrogens is 466 g/mol. The summed E-state index contributed by atoms with van der Waals surface area (Å²) in [6.07, 6.45) is 2.61. The summed E-state index contributed by atoms with van der Waals surface area (Å²) >= 11 is 0. The number of nitrogens with zero attached hydrogens (tertiary/aromatic N) is 3. The molecule has 0 radical (unpaired) electrons. The minimum Gasteiger partial charge on any atom is -0.497 e. The number of rotatable bonds is 6. The molecule has 1 aromatic rings. The van der Waals surface area contributed by atoms with Gasteiger partial charge in [0.15, 0.2) is 0 Å². The van der Waals surface area contributed by atoms with Crippen LogP contribution >= 0.6 is 0 Å². The maximum Gasteiger partial charge on any atom is 0.243 e. The van der Waals surface area contributed by atoms with Gasteiger partial charge in [-0.15, -0.1) is 0 Å². The molecule has 0 unspecified atom stereocenters.